The summed E-state index contributed by atoms with van der Waals surface area (Å²) in [6.07, 6.45) is 3.07. The van der Waals surface area contributed by atoms with Crippen LogP contribution in [0.25, 0.3) is 0 Å². The Kier molecular flexibility index (Phi) is 1.90. The lowest BCUT2D eigenvalue weighted by Crippen LogP contribution is -2.37. The highest BCUT2D eigenvalue weighted by Crippen LogP contribution is 2.30. The molecule has 0 aromatic rings. The molecular formula is C9H17NO. The monoisotopic (exact) mass is 155 g/mol. The second kappa shape index (κ2) is 2.76. The van der Waals surface area contributed by atoms with Gasteiger partial charge < -0.3 is 4.74 Å². The molecule has 2 atom stereocenters. The van der Waals surface area contributed by atoms with Gasteiger partial charge in [-0.15, -0.1) is 0 Å². The SMILES string of the molecule is CC(C)N1CC[C@H]2OCC[C@H]21. The molecule has 2 aliphatic heterocycles. The van der Waals surface area contributed by atoms with Gasteiger partial charge in [-0.1, -0.05) is 0 Å². The van der Waals surface area contributed by atoms with Crippen molar-refractivity contribution in [3.8, 4) is 0 Å². The third-order valence-corrected chi connectivity index (χ3v) is 2.94. The van der Waals surface area contributed by atoms with Crippen molar-refractivity contribution in [3.63, 3.8) is 0 Å². The number of nitrogens with zero attached hydrogens (tertiary/aromatic N) is 1. The topological polar surface area (TPSA) is 12.5 Å². The van der Waals surface area contributed by atoms with Gasteiger partial charge in [0.1, 0.15) is 0 Å². The Morgan fingerprint density at radius 3 is 2.91 bits per heavy atom. The summed E-state index contributed by atoms with van der Waals surface area (Å²) in [7, 11) is 0. The maximum Gasteiger partial charge on any atom is 0.0743 e. The molecule has 64 valence electrons. The second-order valence-corrected chi connectivity index (χ2v) is 3.89. The van der Waals surface area contributed by atoms with Gasteiger partial charge in [-0.2, -0.15) is 0 Å². The van der Waals surface area contributed by atoms with Crippen LogP contribution in [0.1, 0.15) is 26.7 Å². The first-order valence-electron chi connectivity index (χ1n) is 4.66. The molecule has 0 amide bonds. The van der Waals surface area contributed by atoms with Crippen LogP contribution >= 0.6 is 0 Å². The van der Waals surface area contributed by atoms with Gasteiger partial charge in [0.25, 0.3) is 0 Å². The number of fused-ring (bicyclic) bond motifs is 1. The average Bonchev–Trinajstić information content (AvgIpc) is 2.41. The molecular weight excluding hydrogens is 138 g/mol. The van der Waals surface area contributed by atoms with Gasteiger partial charge in [-0.25, -0.2) is 0 Å². The van der Waals surface area contributed by atoms with Crippen molar-refractivity contribution in [1.29, 1.82) is 0 Å². The fourth-order valence-electron chi connectivity index (χ4n) is 2.38. The molecule has 0 bridgehead atoms. The summed E-state index contributed by atoms with van der Waals surface area (Å²) >= 11 is 0. The molecule has 0 spiro atoms. The van der Waals surface area contributed by atoms with E-state index in [-0.39, 0.29) is 0 Å². The number of rotatable bonds is 1. The Bertz CT molecular complexity index is 146. The molecule has 0 N–H and O–H groups in total. The van der Waals surface area contributed by atoms with Crippen molar-refractivity contribution >= 4 is 0 Å². The van der Waals surface area contributed by atoms with Crippen LogP contribution in [-0.2, 0) is 4.74 Å². The summed E-state index contributed by atoms with van der Waals surface area (Å²) in [5.41, 5.74) is 0. The molecule has 0 aliphatic carbocycles. The zero-order chi connectivity index (χ0) is 7.84. The van der Waals surface area contributed by atoms with Gasteiger partial charge in [0.05, 0.1) is 6.10 Å². The number of likely N-dealkylation sites (tertiary alicyclic amines) is 1. The third kappa shape index (κ3) is 1.18. The minimum Gasteiger partial charge on any atom is -0.376 e. The molecule has 0 saturated carbocycles. The van der Waals surface area contributed by atoms with E-state index in [0.29, 0.717) is 12.1 Å². The number of ether oxygens (including phenoxy) is 1. The first-order valence-corrected chi connectivity index (χ1v) is 4.66. The van der Waals surface area contributed by atoms with Gasteiger partial charge >= 0.3 is 0 Å². The first kappa shape index (κ1) is 7.56. The van der Waals surface area contributed by atoms with E-state index in [0.717, 1.165) is 12.6 Å². The van der Waals surface area contributed by atoms with E-state index < -0.39 is 0 Å². The van der Waals surface area contributed by atoms with Gasteiger partial charge in [0, 0.05) is 25.2 Å². The standard InChI is InChI=1S/C9H17NO/c1-7(2)10-5-3-9-8(10)4-6-11-9/h7-9H,3-6H2,1-2H3/t8-,9-/m1/s1. The Hall–Kier alpha value is -0.0800. The highest BCUT2D eigenvalue weighted by atomic mass is 16.5. The number of hydrogen-bond donors (Lipinski definition) is 0. The van der Waals surface area contributed by atoms with Crippen LogP contribution in [0.2, 0.25) is 0 Å². The minimum absolute atomic E-state index is 0.567. The van der Waals surface area contributed by atoms with Crippen LogP contribution in [0.5, 0.6) is 0 Å². The maximum absolute atomic E-state index is 5.62. The molecule has 2 rings (SSSR count). The Morgan fingerprint density at radius 2 is 2.18 bits per heavy atom. The van der Waals surface area contributed by atoms with Gasteiger partial charge in [0.15, 0.2) is 0 Å². The molecule has 11 heavy (non-hydrogen) atoms. The molecule has 2 aliphatic rings. The summed E-state index contributed by atoms with van der Waals surface area (Å²) < 4.78 is 5.62. The Balaban J connectivity index is 2.03. The van der Waals surface area contributed by atoms with Crippen molar-refractivity contribution in [3.05, 3.63) is 0 Å². The summed E-state index contributed by atoms with van der Waals surface area (Å²) in [5.74, 6) is 0. The molecule has 2 heteroatoms. The van der Waals surface area contributed by atoms with E-state index in [4.69, 9.17) is 4.74 Å². The molecule has 0 unspecified atom stereocenters. The highest BCUT2D eigenvalue weighted by Gasteiger charge is 2.39. The quantitative estimate of drug-likeness (QED) is 0.565. The van der Waals surface area contributed by atoms with Crippen LogP contribution in [-0.4, -0.2) is 36.2 Å². The first-order chi connectivity index (χ1) is 5.29. The zero-order valence-electron chi connectivity index (χ0n) is 7.42. The highest BCUT2D eigenvalue weighted by molar-refractivity contribution is 4.92. The van der Waals surface area contributed by atoms with Crippen molar-refractivity contribution in [2.45, 2.75) is 44.9 Å². The Morgan fingerprint density at radius 1 is 1.36 bits per heavy atom. The predicted molar refractivity (Wildman–Crippen MR) is 44.6 cm³/mol. The average molecular weight is 155 g/mol. The second-order valence-electron chi connectivity index (χ2n) is 3.89. The molecule has 2 nitrogen and oxygen atoms in total. The number of hydrogen-bond acceptors (Lipinski definition) is 2. The predicted octanol–water partition coefficient (Wildman–Crippen LogP) is 1.26. The molecule has 2 saturated heterocycles. The van der Waals surface area contributed by atoms with Crippen molar-refractivity contribution in [2.24, 2.45) is 0 Å². The van der Waals surface area contributed by atoms with Crippen LogP contribution in [0, 0.1) is 0 Å². The van der Waals surface area contributed by atoms with E-state index in [1.54, 1.807) is 0 Å². The van der Waals surface area contributed by atoms with E-state index in [1.807, 2.05) is 0 Å². The van der Waals surface area contributed by atoms with E-state index in [9.17, 15) is 0 Å². The molecule has 2 fully saturated rings. The van der Waals surface area contributed by atoms with Gasteiger partial charge in [-0.3, -0.25) is 4.90 Å². The maximum atomic E-state index is 5.62. The molecule has 0 aromatic carbocycles. The van der Waals surface area contributed by atoms with E-state index in [2.05, 4.69) is 18.7 Å². The van der Waals surface area contributed by atoms with Gasteiger partial charge in [0.2, 0.25) is 0 Å². The summed E-state index contributed by atoms with van der Waals surface area (Å²) in [6.45, 7) is 6.78. The van der Waals surface area contributed by atoms with Crippen LogP contribution in [0.3, 0.4) is 0 Å². The zero-order valence-corrected chi connectivity index (χ0v) is 7.42. The fourth-order valence-corrected chi connectivity index (χ4v) is 2.38. The largest absolute Gasteiger partial charge is 0.376 e. The lowest BCUT2D eigenvalue weighted by molar-refractivity contribution is 0.102. The lowest BCUT2D eigenvalue weighted by atomic mass is 10.1. The smallest absolute Gasteiger partial charge is 0.0743 e. The summed E-state index contributed by atoms with van der Waals surface area (Å²) in [5, 5.41) is 0. The summed E-state index contributed by atoms with van der Waals surface area (Å²) in [6, 6.07) is 1.45. The summed E-state index contributed by atoms with van der Waals surface area (Å²) in [4.78, 5) is 2.58. The fraction of sp³-hybridized carbons (Fsp3) is 1.00. The van der Waals surface area contributed by atoms with Crippen LogP contribution in [0.4, 0.5) is 0 Å². The normalized spacial score (nSPS) is 38.5. The minimum atomic E-state index is 0.567. The molecule has 0 aromatic heterocycles. The third-order valence-electron chi connectivity index (χ3n) is 2.94. The van der Waals surface area contributed by atoms with Crippen LogP contribution < -0.4 is 0 Å². The van der Waals surface area contributed by atoms with Gasteiger partial charge in [-0.05, 0) is 26.7 Å². The Labute approximate surface area is 68.5 Å². The molecule has 0 radical (unpaired) electrons. The van der Waals surface area contributed by atoms with Crippen LogP contribution in [0.15, 0.2) is 0 Å². The lowest BCUT2D eigenvalue weighted by Gasteiger charge is -2.26. The van der Waals surface area contributed by atoms with Crippen molar-refractivity contribution in [1.82, 2.24) is 4.90 Å². The molecule has 2 heterocycles. The van der Waals surface area contributed by atoms with E-state index >= 15 is 0 Å². The van der Waals surface area contributed by atoms with Crippen molar-refractivity contribution in [2.75, 3.05) is 13.2 Å². The van der Waals surface area contributed by atoms with Crippen molar-refractivity contribution < 1.29 is 4.74 Å². The van der Waals surface area contributed by atoms with E-state index in [1.165, 1.54) is 19.4 Å².